The van der Waals surface area contributed by atoms with E-state index in [1.165, 1.54) is 16.5 Å². The SMILES string of the molecule is C=C(Cc1c[nH]c2ccccc12)Nc1ccc(C)c(C)n1. The van der Waals surface area contributed by atoms with Gasteiger partial charge in [0.1, 0.15) is 5.82 Å². The quantitative estimate of drug-likeness (QED) is 0.744. The molecular weight excluding hydrogens is 258 g/mol. The number of hydrogen-bond donors (Lipinski definition) is 2. The molecule has 0 amide bonds. The molecule has 3 nitrogen and oxygen atoms in total. The standard InChI is InChI=1S/C18H19N3/c1-12-8-9-18(21-14(12)3)20-13(2)10-15-11-19-17-7-5-4-6-16(15)17/h4-9,11,19H,2,10H2,1,3H3,(H,20,21). The maximum atomic E-state index is 4.52. The van der Waals surface area contributed by atoms with Crippen molar-refractivity contribution in [2.75, 3.05) is 5.32 Å². The number of fused-ring (bicyclic) bond motifs is 1. The van der Waals surface area contributed by atoms with Gasteiger partial charge in [-0.25, -0.2) is 4.98 Å². The molecule has 3 heteroatoms. The van der Waals surface area contributed by atoms with E-state index in [9.17, 15) is 0 Å². The minimum absolute atomic E-state index is 0.776. The third kappa shape index (κ3) is 2.82. The van der Waals surface area contributed by atoms with E-state index in [2.05, 4.69) is 53.1 Å². The number of nitrogens with one attached hydrogen (secondary N) is 2. The maximum Gasteiger partial charge on any atom is 0.130 e. The number of para-hydroxylation sites is 1. The van der Waals surface area contributed by atoms with Crippen LogP contribution in [0.15, 0.2) is 54.9 Å². The van der Waals surface area contributed by atoms with E-state index >= 15 is 0 Å². The van der Waals surface area contributed by atoms with Crippen LogP contribution < -0.4 is 5.32 Å². The lowest BCUT2D eigenvalue weighted by molar-refractivity contribution is 1.11. The van der Waals surface area contributed by atoms with Crippen LogP contribution in [0.1, 0.15) is 16.8 Å². The third-order valence-corrected chi connectivity index (χ3v) is 3.73. The van der Waals surface area contributed by atoms with Gasteiger partial charge in [-0.05, 0) is 37.1 Å². The van der Waals surface area contributed by atoms with Crippen molar-refractivity contribution in [1.29, 1.82) is 0 Å². The molecule has 0 aliphatic carbocycles. The molecule has 0 bridgehead atoms. The summed E-state index contributed by atoms with van der Waals surface area (Å²) < 4.78 is 0. The molecule has 0 fully saturated rings. The first-order valence-electron chi connectivity index (χ1n) is 7.07. The summed E-state index contributed by atoms with van der Waals surface area (Å²) in [7, 11) is 0. The van der Waals surface area contributed by atoms with Crippen molar-refractivity contribution in [3.63, 3.8) is 0 Å². The van der Waals surface area contributed by atoms with Crippen molar-refractivity contribution in [2.45, 2.75) is 20.3 Å². The Morgan fingerprint density at radius 2 is 2.00 bits per heavy atom. The van der Waals surface area contributed by atoms with Gasteiger partial charge in [-0.3, -0.25) is 0 Å². The highest BCUT2D eigenvalue weighted by atomic mass is 15.0. The van der Waals surface area contributed by atoms with E-state index in [0.717, 1.165) is 29.1 Å². The number of H-pyrrole nitrogens is 1. The molecule has 1 aromatic carbocycles. The molecule has 106 valence electrons. The number of pyridine rings is 1. The van der Waals surface area contributed by atoms with E-state index in [4.69, 9.17) is 0 Å². The Kier molecular flexibility index (Phi) is 3.48. The largest absolute Gasteiger partial charge is 0.361 e. The van der Waals surface area contributed by atoms with Crippen LogP contribution in [0.3, 0.4) is 0 Å². The van der Waals surface area contributed by atoms with Crippen LogP contribution in [0, 0.1) is 13.8 Å². The first kappa shape index (κ1) is 13.4. The second kappa shape index (κ2) is 5.44. The van der Waals surface area contributed by atoms with Crippen LogP contribution in [-0.2, 0) is 6.42 Å². The average molecular weight is 277 g/mol. The predicted octanol–water partition coefficient (Wildman–Crippen LogP) is 4.35. The number of rotatable bonds is 4. The second-order valence-electron chi connectivity index (χ2n) is 5.36. The second-order valence-corrected chi connectivity index (χ2v) is 5.36. The summed E-state index contributed by atoms with van der Waals surface area (Å²) in [6.07, 6.45) is 2.82. The molecule has 0 aliphatic heterocycles. The molecule has 0 saturated carbocycles. The first-order chi connectivity index (χ1) is 10.1. The van der Waals surface area contributed by atoms with Gasteiger partial charge in [0.25, 0.3) is 0 Å². The summed E-state index contributed by atoms with van der Waals surface area (Å²) in [5.74, 6) is 0.850. The number of hydrogen-bond acceptors (Lipinski definition) is 2. The van der Waals surface area contributed by atoms with Crippen molar-refractivity contribution in [3.05, 3.63) is 71.7 Å². The van der Waals surface area contributed by atoms with Gasteiger partial charge in [0.15, 0.2) is 0 Å². The minimum atomic E-state index is 0.776. The van der Waals surface area contributed by atoms with E-state index < -0.39 is 0 Å². The smallest absolute Gasteiger partial charge is 0.130 e. The zero-order valence-electron chi connectivity index (χ0n) is 12.4. The molecule has 0 saturated heterocycles. The number of nitrogens with zero attached hydrogens (tertiary/aromatic N) is 1. The number of aromatic nitrogens is 2. The number of aromatic amines is 1. The monoisotopic (exact) mass is 277 g/mol. The summed E-state index contributed by atoms with van der Waals surface area (Å²) in [6.45, 7) is 8.20. The van der Waals surface area contributed by atoms with E-state index in [0.29, 0.717) is 0 Å². The summed E-state index contributed by atoms with van der Waals surface area (Å²) in [4.78, 5) is 7.81. The molecule has 2 heterocycles. The van der Waals surface area contributed by atoms with Crippen molar-refractivity contribution in [1.82, 2.24) is 9.97 Å². The van der Waals surface area contributed by atoms with Gasteiger partial charge in [0, 0.05) is 34.9 Å². The van der Waals surface area contributed by atoms with Crippen molar-refractivity contribution in [3.8, 4) is 0 Å². The van der Waals surface area contributed by atoms with Gasteiger partial charge < -0.3 is 10.3 Å². The number of benzene rings is 1. The highest BCUT2D eigenvalue weighted by Crippen LogP contribution is 2.21. The van der Waals surface area contributed by atoms with E-state index in [-0.39, 0.29) is 0 Å². The summed E-state index contributed by atoms with van der Waals surface area (Å²) in [6, 6.07) is 12.4. The lowest BCUT2D eigenvalue weighted by atomic mass is 10.1. The minimum Gasteiger partial charge on any atom is -0.361 e. The molecule has 21 heavy (non-hydrogen) atoms. The Bertz CT molecular complexity index is 799. The van der Waals surface area contributed by atoms with Crippen molar-refractivity contribution in [2.24, 2.45) is 0 Å². The van der Waals surface area contributed by atoms with Crippen LogP contribution in [0.5, 0.6) is 0 Å². The molecule has 0 atom stereocenters. The number of anilines is 1. The summed E-state index contributed by atoms with van der Waals surface area (Å²) in [5.41, 5.74) is 5.58. The lowest BCUT2D eigenvalue weighted by Gasteiger charge is -2.10. The first-order valence-corrected chi connectivity index (χ1v) is 7.07. The number of allylic oxidation sites excluding steroid dienone is 1. The van der Waals surface area contributed by atoms with Crippen molar-refractivity contribution < 1.29 is 0 Å². The molecule has 0 spiro atoms. The third-order valence-electron chi connectivity index (χ3n) is 3.73. The molecule has 0 unspecified atom stereocenters. The lowest BCUT2D eigenvalue weighted by Crippen LogP contribution is -2.04. The molecule has 0 aliphatic rings. The average Bonchev–Trinajstić information content (AvgIpc) is 2.86. The fraction of sp³-hybridized carbons (Fsp3) is 0.167. The Labute approximate surface area is 124 Å². The Morgan fingerprint density at radius 1 is 1.19 bits per heavy atom. The van der Waals surface area contributed by atoms with Crippen LogP contribution >= 0.6 is 0 Å². The Hall–Kier alpha value is -2.55. The fourth-order valence-electron chi connectivity index (χ4n) is 2.43. The van der Waals surface area contributed by atoms with Crippen LogP contribution in [0.25, 0.3) is 10.9 Å². The highest BCUT2D eigenvalue weighted by molar-refractivity contribution is 5.83. The zero-order chi connectivity index (χ0) is 14.8. The normalized spacial score (nSPS) is 10.8. The van der Waals surface area contributed by atoms with E-state index in [1.807, 2.05) is 25.3 Å². The topological polar surface area (TPSA) is 40.7 Å². The van der Waals surface area contributed by atoms with E-state index in [1.54, 1.807) is 0 Å². The Morgan fingerprint density at radius 3 is 2.81 bits per heavy atom. The van der Waals surface area contributed by atoms with Gasteiger partial charge in [-0.1, -0.05) is 30.8 Å². The van der Waals surface area contributed by atoms with Gasteiger partial charge in [0.2, 0.25) is 0 Å². The van der Waals surface area contributed by atoms with Gasteiger partial charge in [-0.15, -0.1) is 0 Å². The molecule has 2 aromatic heterocycles. The summed E-state index contributed by atoms with van der Waals surface area (Å²) in [5, 5.41) is 4.54. The van der Waals surface area contributed by atoms with Crippen LogP contribution in [-0.4, -0.2) is 9.97 Å². The van der Waals surface area contributed by atoms with Crippen LogP contribution in [0.2, 0.25) is 0 Å². The Balaban J connectivity index is 1.75. The van der Waals surface area contributed by atoms with Gasteiger partial charge in [-0.2, -0.15) is 0 Å². The zero-order valence-corrected chi connectivity index (χ0v) is 12.4. The molecule has 3 aromatic rings. The fourth-order valence-corrected chi connectivity index (χ4v) is 2.43. The molecular formula is C18H19N3. The number of aryl methyl sites for hydroxylation is 2. The molecule has 2 N–H and O–H groups in total. The predicted molar refractivity (Wildman–Crippen MR) is 88.5 cm³/mol. The van der Waals surface area contributed by atoms with Gasteiger partial charge in [0.05, 0.1) is 0 Å². The highest BCUT2D eigenvalue weighted by Gasteiger charge is 2.06. The molecule has 3 rings (SSSR count). The summed E-state index contributed by atoms with van der Waals surface area (Å²) >= 11 is 0. The maximum absolute atomic E-state index is 4.52. The van der Waals surface area contributed by atoms with Gasteiger partial charge >= 0.3 is 0 Å². The van der Waals surface area contributed by atoms with Crippen molar-refractivity contribution >= 4 is 16.7 Å². The van der Waals surface area contributed by atoms with Crippen LogP contribution in [0.4, 0.5) is 5.82 Å². The molecule has 0 radical (unpaired) electrons.